The molecule has 2 atom stereocenters. The molecular weight excluding hydrogens is 587 g/mol. The van der Waals surface area contributed by atoms with Crippen LogP contribution >= 0.6 is 0 Å². The third kappa shape index (κ3) is 8.76. The van der Waals surface area contributed by atoms with Crippen molar-refractivity contribution in [2.45, 2.75) is 57.0 Å². The molecule has 0 bridgehead atoms. The molecule has 16 heteroatoms. The van der Waals surface area contributed by atoms with Crippen molar-refractivity contribution in [3.05, 3.63) is 58.9 Å². The number of fused-ring (bicyclic) bond motifs is 1. The van der Waals surface area contributed by atoms with Crippen molar-refractivity contribution in [2.75, 3.05) is 31.5 Å². The number of alkyl halides is 3. The molecule has 240 valence electrons. The predicted molar refractivity (Wildman–Crippen MR) is 156 cm³/mol. The van der Waals surface area contributed by atoms with Crippen LogP contribution in [0.3, 0.4) is 0 Å². The van der Waals surface area contributed by atoms with Gasteiger partial charge >= 0.3 is 13.3 Å². The maximum Gasteiger partial charge on any atom is 0.492 e. The van der Waals surface area contributed by atoms with E-state index in [1.54, 1.807) is 13.8 Å². The van der Waals surface area contributed by atoms with Gasteiger partial charge in [0.25, 0.3) is 0 Å². The Hall–Kier alpha value is -3.57. The Kier molecular flexibility index (Phi) is 11.5. The van der Waals surface area contributed by atoms with Gasteiger partial charge in [-0.25, -0.2) is 4.39 Å². The molecular formula is C28H37BF4N6O5. The lowest BCUT2D eigenvalue weighted by molar-refractivity contribution is -0.137. The monoisotopic (exact) mass is 624 g/mol. The number of amides is 3. The van der Waals surface area contributed by atoms with Crippen LogP contribution in [-0.2, 0) is 37.2 Å². The summed E-state index contributed by atoms with van der Waals surface area (Å²) in [6.07, 6.45) is -5.04. The van der Waals surface area contributed by atoms with Gasteiger partial charge in [-0.15, -0.1) is 0 Å². The molecule has 2 aromatic carbocycles. The second-order valence-electron chi connectivity index (χ2n) is 11.0. The van der Waals surface area contributed by atoms with E-state index in [1.807, 2.05) is 0 Å². The zero-order chi connectivity index (χ0) is 32.8. The molecule has 2 unspecified atom stereocenters. The van der Waals surface area contributed by atoms with Gasteiger partial charge in [0.1, 0.15) is 11.9 Å². The minimum atomic E-state index is -4.58. The van der Waals surface area contributed by atoms with E-state index in [1.165, 1.54) is 11.0 Å². The summed E-state index contributed by atoms with van der Waals surface area (Å²) >= 11 is 0. The molecule has 1 aliphatic heterocycles. The molecule has 0 spiro atoms. The van der Waals surface area contributed by atoms with Crippen LogP contribution in [0.15, 0.2) is 36.4 Å². The molecule has 44 heavy (non-hydrogen) atoms. The van der Waals surface area contributed by atoms with E-state index in [4.69, 9.17) is 21.9 Å². The van der Waals surface area contributed by atoms with Crippen LogP contribution in [0, 0.1) is 5.82 Å². The summed E-state index contributed by atoms with van der Waals surface area (Å²) in [4.78, 5) is 40.3. The number of carbonyl (C=O) groups is 3. The van der Waals surface area contributed by atoms with Crippen LogP contribution in [0.25, 0.3) is 0 Å². The van der Waals surface area contributed by atoms with Crippen LogP contribution in [0.4, 0.5) is 23.2 Å². The summed E-state index contributed by atoms with van der Waals surface area (Å²) in [7, 11) is -1.37. The molecule has 0 radical (unpaired) electrons. The lowest BCUT2D eigenvalue weighted by Crippen LogP contribution is -2.51. The Morgan fingerprint density at radius 2 is 1.68 bits per heavy atom. The molecule has 11 nitrogen and oxygen atoms in total. The standard InChI is InChI=1S/C28H37BF4N6O5/c1-27(2)18-14-20(30)22(15-19(18)29(43)44-27)37-26(42)23(13-16-3-5-17(6-4-16)28(31,32)33)38-25(41)21(36)7-8-24(40)39(11-9-34)12-10-35/h3-6,14-15,21,23,43H,7-13,34-36H2,1-2H3,(H,37,42)(H,38,41). The van der Waals surface area contributed by atoms with Crippen LogP contribution in [0.5, 0.6) is 0 Å². The van der Waals surface area contributed by atoms with Gasteiger partial charge < -0.3 is 42.4 Å². The van der Waals surface area contributed by atoms with E-state index in [0.29, 0.717) is 5.56 Å². The largest absolute Gasteiger partial charge is 0.492 e. The van der Waals surface area contributed by atoms with Gasteiger partial charge in [0, 0.05) is 39.0 Å². The number of halogens is 4. The van der Waals surface area contributed by atoms with Crippen molar-refractivity contribution < 1.29 is 41.6 Å². The van der Waals surface area contributed by atoms with Gasteiger partial charge in [-0.1, -0.05) is 12.1 Å². The molecule has 3 rings (SSSR count). The number of hydrogen-bond acceptors (Lipinski definition) is 8. The molecule has 0 aliphatic carbocycles. The first-order valence-corrected chi connectivity index (χ1v) is 14.0. The highest BCUT2D eigenvalue weighted by Gasteiger charge is 2.41. The SMILES string of the molecule is CC1(C)OB(O)c2cc(NC(=O)C(Cc3ccc(C(F)(F)F)cc3)NC(=O)C(N)CCC(=O)N(CCN)CCN)c(F)cc21. The predicted octanol–water partition coefficient (Wildman–Crippen LogP) is 0.317. The average molecular weight is 624 g/mol. The maximum absolute atomic E-state index is 15.0. The quantitative estimate of drug-likeness (QED) is 0.136. The number of benzene rings is 2. The van der Waals surface area contributed by atoms with Crippen LogP contribution in [-0.4, -0.2) is 73.0 Å². The number of hydrogen-bond donors (Lipinski definition) is 6. The molecule has 2 aromatic rings. The molecule has 0 aromatic heterocycles. The molecule has 0 saturated carbocycles. The minimum absolute atomic E-state index is 0.0853. The molecule has 0 saturated heterocycles. The average Bonchev–Trinajstić information content (AvgIpc) is 3.17. The van der Waals surface area contributed by atoms with E-state index >= 15 is 4.39 Å². The van der Waals surface area contributed by atoms with Gasteiger partial charge in [-0.2, -0.15) is 13.2 Å². The van der Waals surface area contributed by atoms with E-state index < -0.39 is 54.2 Å². The Balaban J connectivity index is 1.79. The Labute approximate surface area is 252 Å². The van der Waals surface area contributed by atoms with Crippen molar-refractivity contribution in [3.8, 4) is 0 Å². The Bertz CT molecular complexity index is 1340. The van der Waals surface area contributed by atoms with Crippen LogP contribution in [0.2, 0.25) is 0 Å². The first kappa shape index (κ1) is 34.9. The van der Waals surface area contributed by atoms with E-state index in [-0.39, 0.29) is 68.1 Å². The fourth-order valence-electron chi connectivity index (χ4n) is 4.83. The highest BCUT2D eigenvalue weighted by atomic mass is 19.4. The van der Waals surface area contributed by atoms with Gasteiger partial charge in [0.2, 0.25) is 17.7 Å². The molecule has 1 aliphatic rings. The summed E-state index contributed by atoms with van der Waals surface area (Å²) in [5.41, 5.74) is 15.8. The number of anilines is 1. The zero-order valence-corrected chi connectivity index (χ0v) is 24.4. The molecule has 3 amide bonds. The minimum Gasteiger partial charge on any atom is -0.423 e. The molecule has 9 N–H and O–H groups in total. The van der Waals surface area contributed by atoms with Gasteiger partial charge in [-0.05, 0) is 61.1 Å². The summed E-state index contributed by atoms with van der Waals surface area (Å²) < 4.78 is 59.6. The third-order valence-corrected chi connectivity index (χ3v) is 7.23. The summed E-state index contributed by atoms with van der Waals surface area (Å²) in [6.45, 7) is 4.25. The van der Waals surface area contributed by atoms with Crippen LogP contribution < -0.4 is 33.3 Å². The molecule has 1 heterocycles. The number of nitrogens with one attached hydrogen (secondary N) is 2. The zero-order valence-electron chi connectivity index (χ0n) is 24.4. The second kappa shape index (κ2) is 14.5. The fourth-order valence-corrected chi connectivity index (χ4v) is 4.83. The summed E-state index contributed by atoms with van der Waals surface area (Å²) in [5, 5.41) is 15.1. The summed E-state index contributed by atoms with van der Waals surface area (Å²) in [6, 6.07) is 3.68. The number of nitrogens with zero attached hydrogens (tertiary/aromatic N) is 1. The topological polar surface area (TPSA) is 186 Å². The van der Waals surface area contributed by atoms with Crippen molar-refractivity contribution in [1.82, 2.24) is 10.2 Å². The van der Waals surface area contributed by atoms with Crippen molar-refractivity contribution in [2.24, 2.45) is 17.2 Å². The Morgan fingerprint density at radius 3 is 2.25 bits per heavy atom. The highest BCUT2D eigenvalue weighted by molar-refractivity contribution is 6.62. The lowest BCUT2D eigenvalue weighted by atomic mass is 9.78. The summed E-state index contributed by atoms with van der Waals surface area (Å²) in [5.74, 6) is -2.86. The van der Waals surface area contributed by atoms with E-state index in [9.17, 15) is 32.6 Å². The van der Waals surface area contributed by atoms with E-state index in [2.05, 4.69) is 10.6 Å². The number of rotatable bonds is 13. The smallest absolute Gasteiger partial charge is 0.423 e. The Morgan fingerprint density at radius 1 is 1.07 bits per heavy atom. The van der Waals surface area contributed by atoms with Crippen molar-refractivity contribution in [1.29, 1.82) is 0 Å². The van der Waals surface area contributed by atoms with Gasteiger partial charge in [0.15, 0.2) is 0 Å². The number of carbonyl (C=O) groups excluding carboxylic acids is 3. The third-order valence-electron chi connectivity index (χ3n) is 7.23. The maximum atomic E-state index is 15.0. The first-order valence-electron chi connectivity index (χ1n) is 14.0. The fraction of sp³-hybridized carbons (Fsp3) is 0.464. The van der Waals surface area contributed by atoms with E-state index in [0.717, 1.165) is 30.3 Å². The lowest BCUT2D eigenvalue weighted by Gasteiger charge is -2.23. The molecule has 0 fully saturated rings. The van der Waals surface area contributed by atoms with Gasteiger partial charge in [-0.3, -0.25) is 14.4 Å². The normalized spacial score (nSPS) is 15.4. The van der Waals surface area contributed by atoms with Gasteiger partial charge in [0.05, 0.1) is 22.9 Å². The number of nitrogens with two attached hydrogens (primary N) is 3. The van der Waals surface area contributed by atoms with Crippen molar-refractivity contribution >= 4 is 36.0 Å². The van der Waals surface area contributed by atoms with Crippen LogP contribution in [0.1, 0.15) is 43.4 Å². The first-order chi connectivity index (χ1) is 20.6. The highest BCUT2D eigenvalue weighted by Crippen LogP contribution is 2.32. The second-order valence-corrected chi connectivity index (χ2v) is 11.0. The van der Waals surface area contributed by atoms with Crippen molar-refractivity contribution in [3.63, 3.8) is 0 Å².